The molecule has 0 aliphatic carbocycles. The number of hydrogen-bond acceptors (Lipinski definition) is 2. The number of aromatic nitrogens is 2. The van der Waals surface area contributed by atoms with Crippen LogP contribution in [-0.2, 0) is 6.42 Å². The Labute approximate surface area is 140 Å². The summed E-state index contributed by atoms with van der Waals surface area (Å²) in [7, 11) is 0. The number of hydrogen-bond donors (Lipinski definition) is 2. The first kappa shape index (κ1) is 14.5. The molecule has 1 aliphatic heterocycles. The summed E-state index contributed by atoms with van der Waals surface area (Å²) in [6.45, 7) is 0.646. The fourth-order valence-corrected chi connectivity index (χ4v) is 3.19. The highest BCUT2D eigenvalue weighted by Crippen LogP contribution is 2.33. The van der Waals surface area contributed by atoms with Crippen LogP contribution in [0.1, 0.15) is 23.0 Å². The van der Waals surface area contributed by atoms with Gasteiger partial charge in [-0.2, -0.15) is 0 Å². The monoisotopic (exact) mass is 318 g/mol. The molecule has 2 amide bonds. The lowest BCUT2D eigenvalue weighted by Crippen LogP contribution is -2.43. The first-order valence-electron chi connectivity index (χ1n) is 8.02. The van der Waals surface area contributed by atoms with E-state index in [-0.39, 0.29) is 12.1 Å². The molecule has 1 unspecified atom stereocenters. The highest BCUT2D eigenvalue weighted by atomic mass is 16.2. The molecule has 1 aromatic heterocycles. The number of fused-ring (bicyclic) bond motifs is 1. The van der Waals surface area contributed by atoms with E-state index in [2.05, 4.69) is 15.3 Å². The van der Waals surface area contributed by atoms with Crippen LogP contribution in [0.4, 0.5) is 10.5 Å². The molecule has 0 spiro atoms. The Hall–Kier alpha value is -3.08. The molecule has 0 saturated heterocycles. The van der Waals surface area contributed by atoms with Gasteiger partial charge in [-0.15, -0.1) is 0 Å². The van der Waals surface area contributed by atoms with Gasteiger partial charge in [0.05, 0.1) is 12.0 Å². The first-order chi connectivity index (χ1) is 11.8. The normalized spacial score (nSPS) is 16.5. The topological polar surface area (TPSA) is 61.0 Å². The van der Waals surface area contributed by atoms with Gasteiger partial charge >= 0.3 is 6.03 Å². The Morgan fingerprint density at radius 2 is 1.79 bits per heavy atom. The number of amides is 2. The summed E-state index contributed by atoms with van der Waals surface area (Å²) in [4.78, 5) is 22.4. The number of aromatic amines is 1. The molecule has 0 radical (unpaired) electrons. The van der Waals surface area contributed by atoms with Gasteiger partial charge in [0.15, 0.2) is 0 Å². The van der Waals surface area contributed by atoms with Crippen LogP contribution in [-0.4, -0.2) is 27.4 Å². The Balaban J connectivity index is 1.67. The van der Waals surface area contributed by atoms with Gasteiger partial charge in [0, 0.05) is 24.3 Å². The highest BCUT2D eigenvalue weighted by molar-refractivity contribution is 5.90. The summed E-state index contributed by atoms with van der Waals surface area (Å²) in [6.07, 6.45) is 2.49. The number of nitrogens with zero attached hydrogens (tertiary/aromatic N) is 2. The second-order valence-corrected chi connectivity index (χ2v) is 5.82. The standard InChI is InChI=1S/C19H18N4O/c24-19(22-15-9-5-2-6-10-15)23-12-11-16-17(21-13-20-16)18(23)14-7-3-1-4-8-14/h1-10,13,18H,11-12H2,(H,20,21)(H,22,24). The molecular formula is C19H18N4O. The summed E-state index contributed by atoms with van der Waals surface area (Å²) in [5.74, 6) is 0. The molecular weight excluding hydrogens is 300 g/mol. The van der Waals surface area contributed by atoms with Gasteiger partial charge in [0.25, 0.3) is 0 Å². The molecule has 2 aromatic carbocycles. The molecule has 0 fully saturated rings. The molecule has 4 rings (SSSR count). The minimum absolute atomic E-state index is 0.108. The molecule has 1 aliphatic rings. The zero-order valence-corrected chi connectivity index (χ0v) is 13.1. The van der Waals surface area contributed by atoms with Crippen LogP contribution < -0.4 is 5.32 Å². The highest BCUT2D eigenvalue weighted by Gasteiger charge is 2.33. The summed E-state index contributed by atoms with van der Waals surface area (Å²) in [6, 6.07) is 19.3. The van der Waals surface area contributed by atoms with E-state index in [9.17, 15) is 4.79 Å². The van der Waals surface area contributed by atoms with Crippen molar-refractivity contribution in [1.82, 2.24) is 14.9 Å². The second kappa shape index (κ2) is 6.20. The number of anilines is 1. The number of imidazole rings is 1. The first-order valence-corrected chi connectivity index (χ1v) is 8.02. The Kier molecular flexibility index (Phi) is 3.75. The molecule has 1 atom stereocenters. The summed E-state index contributed by atoms with van der Waals surface area (Å²) in [5, 5.41) is 2.98. The lowest BCUT2D eigenvalue weighted by molar-refractivity contribution is 0.192. The minimum atomic E-state index is -0.176. The number of para-hydroxylation sites is 1. The average Bonchev–Trinajstić information content (AvgIpc) is 3.11. The molecule has 0 bridgehead atoms. The van der Waals surface area contributed by atoms with Crippen LogP contribution >= 0.6 is 0 Å². The van der Waals surface area contributed by atoms with E-state index < -0.39 is 0 Å². The third-order valence-corrected chi connectivity index (χ3v) is 4.33. The van der Waals surface area contributed by atoms with Gasteiger partial charge in [-0.25, -0.2) is 9.78 Å². The van der Waals surface area contributed by atoms with Crippen LogP contribution in [0.15, 0.2) is 67.0 Å². The van der Waals surface area contributed by atoms with Crippen molar-refractivity contribution in [3.05, 3.63) is 83.9 Å². The van der Waals surface area contributed by atoms with Crippen LogP contribution in [0.3, 0.4) is 0 Å². The minimum Gasteiger partial charge on any atom is -0.348 e. The van der Waals surface area contributed by atoms with E-state index >= 15 is 0 Å². The average molecular weight is 318 g/mol. The van der Waals surface area contributed by atoms with Gasteiger partial charge in [-0.3, -0.25) is 0 Å². The van der Waals surface area contributed by atoms with E-state index in [4.69, 9.17) is 0 Å². The maximum atomic E-state index is 12.9. The van der Waals surface area contributed by atoms with Crippen LogP contribution in [0, 0.1) is 0 Å². The molecule has 5 heteroatoms. The molecule has 3 aromatic rings. The van der Waals surface area contributed by atoms with E-state index in [0.717, 1.165) is 29.1 Å². The molecule has 120 valence electrons. The maximum Gasteiger partial charge on any atom is 0.322 e. The van der Waals surface area contributed by atoms with Gasteiger partial charge in [0.2, 0.25) is 0 Å². The number of benzene rings is 2. The number of carbonyl (C=O) groups excluding carboxylic acids is 1. The summed E-state index contributed by atoms with van der Waals surface area (Å²) in [5.41, 5.74) is 3.89. The number of carbonyl (C=O) groups is 1. The number of rotatable bonds is 2. The van der Waals surface area contributed by atoms with Gasteiger partial charge in [-0.05, 0) is 17.7 Å². The third kappa shape index (κ3) is 2.65. The number of H-pyrrole nitrogens is 1. The van der Waals surface area contributed by atoms with Crippen molar-refractivity contribution < 1.29 is 4.79 Å². The molecule has 24 heavy (non-hydrogen) atoms. The Morgan fingerprint density at radius 3 is 2.54 bits per heavy atom. The van der Waals surface area contributed by atoms with Gasteiger partial charge in [0.1, 0.15) is 6.04 Å². The van der Waals surface area contributed by atoms with E-state index in [1.54, 1.807) is 6.33 Å². The summed E-state index contributed by atoms with van der Waals surface area (Å²) >= 11 is 0. The quantitative estimate of drug-likeness (QED) is 0.758. The van der Waals surface area contributed by atoms with E-state index in [1.165, 1.54) is 0 Å². The van der Waals surface area contributed by atoms with Crippen molar-refractivity contribution >= 4 is 11.7 Å². The van der Waals surface area contributed by atoms with Crippen molar-refractivity contribution in [2.24, 2.45) is 0 Å². The van der Waals surface area contributed by atoms with Crippen LogP contribution in [0.25, 0.3) is 0 Å². The van der Waals surface area contributed by atoms with Crippen molar-refractivity contribution in [3.63, 3.8) is 0 Å². The van der Waals surface area contributed by atoms with Gasteiger partial charge < -0.3 is 15.2 Å². The largest absolute Gasteiger partial charge is 0.348 e. The van der Waals surface area contributed by atoms with Crippen molar-refractivity contribution in [3.8, 4) is 0 Å². The number of urea groups is 1. The fourth-order valence-electron chi connectivity index (χ4n) is 3.19. The van der Waals surface area contributed by atoms with Crippen molar-refractivity contribution in [1.29, 1.82) is 0 Å². The fraction of sp³-hybridized carbons (Fsp3) is 0.158. The molecule has 2 heterocycles. The van der Waals surface area contributed by atoms with Crippen molar-refractivity contribution in [2.75, 3.05) is 11.9 Å². The van der Waals surface area contributed by atoms with Gasteiger partial charge in [-0.1, -0.05) is 48.5 Å². The zero-order valence-electron chi connectivity index (χ0n) is 13.1. The van der Waals surface area contributed by atoms with Crippen LogP contribution in [0.2, 0.25) is 0 Å². The molecule has 2 N–H and O–H groups in total. The Morgan fingerprint density at radius 1 is 1.08 bits per heavy atom. The predicted octanol–water partition coefficient (Wildman–Crippen LogP) is 3.59. The summed E-state index contributed by atoms with van der Waals surface area (Å²) < 4.78 is 0. The number of nitrogens with one attached hydrogen (secondary N) is 2. The third-order valence-electron chi connectivity index (χ3n) is 4.33. The zero-order chi connectivity index (χ0) is 16.4. The second-order valence-electron chi connectivity index (χ2n) is 5.82. The Bertz CT molecular complexity index is 829. The maximum absolute atomic E-state index is 12.9. The predicted molar refractivity (Wildman–Crippen MR) is 92.7 cm³/mol. The lowest BCUT2D eigenvalue weighted by atomic mass is 9.96. The van der Waals surface area contributed by atoms with Crippen molar-refractivity contribution in [2.45, 2.75) is 12.5 Å². The van der Waals surface area contributed by atoms with E-state index in [1.807, 2.05) is 65.6 Å². The smallest absolute Gasteiger partial charge is 0.322 e. The lowest BCUT2D eigenvalue weighted by Gasteiger charge is -2.35. The van der Waals surface area contributed by atoms with E-state index in [0.29, 0.717) is 6.54 Å². The molecule has 5 nitrogen and oxygen atoms in total. The SMILES string of the molecule is O=C(Nc1ccccc1)N1CCc2[nH]cnc2C1c1ccccc1. The van der Waals surface area contributed by atoms with Crippen LogP contribution in [0.5, 0.6) is 0 Å². The molecule has 0 saturated carbocycles.